The molecule has 1 aliphatic heterocycles. The highest BCUT2D eigenvalue weighted by Crippen LogP contribution is 2.25. The zero-order chi connectivity index (χ0) is 9.97. The molecule has 0 amide bonds. The standard InChI is InChI=1S/C11H17NO2/c1-9-4-3-6-12(9)10-5-7-14-8-11(10)13-2/h3-4,6,10-11H,5,7-8H2,1-2H3/t10-,11-/m1/s1. The lowest BCUT2D eigenvalue weighted by Gasteiger charge is -2.32. The molecule has 0 bridgehead atoms. The topological polar surface area (TPSA) is 23.4 Å². The zero-order valence-corrected chi connectivity index (χ0v) is 8.77. The van der Waals surface area contributed by atoms with Crippen LogP contribution < -0.4 is 0 Å². The van der Waals surface area contributed by atoms with E-state index in [1.807, 2.05) is 0 Å². The van der Waals surface area contributed by atoms with Crippen molar-refractivity contribution in [2.75, 3.05) is 20.3 Å². The highest BCUT2D eigenvalue weighted by Gasteiger charge is 2.27. The normalized spacial score (nSPS) is 27.9. The first-order valence-electron chi connectivity index (χ1n) is 5.07. The molecule has 0 saturated carbocycles. The van der Waals surface area contributed by atoms with Gasteiger partial charge in [-0.15, -0.1) is 0 Å². The maximum Gasteiger partial charge on any atom is 0.101 e. The van der Waals surface area contributed by atoms with Crippen molar-refractivity contribution in [3.8, 4) is 0 Å². The Morgan fingerprint density at radius 1 is 1.57 bits per heavy atom. The molecule has 0 unspecified atom stereocenters. The van der Waals surface area contributed by atoms with Crippen molar-refractivity contribution in [1.82, 2.24) is 4.57 Å². The molecule has 2 heterocycles. The molecule has 2 rings (SSSR count). The van der Waals surface area contributed by atoms with Gasteiger partial charge in [0.05, 0.1) is 12.6 Å². The summed E-state index contributed by atoms with van der Waals surface area (Å²) in [4.78, 5) is 0. The van der Waals surface area contributed by atoms with Crippen molar-refractivity contribution in [1.29, 1.82) is 0 Å². The van der Waals surface area contributed by atoms with Gasteiger partial charge >= 0.3 is 0 Å². The van der Waals surface area contributed by atoms with Crippen molar-refractivity contribution in [2.45, 2.75) is 25.5 Å². The molecule has 3 nitrogen and oxygen atoms in total. The highest BCUT2D eigenvalue weighted by molar-refractivity contribution is 5.07. The van der Waals surface area contributed by atoms with Crippen LogP contribution in [0.2, 0.25) is 0 Å². The summed E-state index contributed by atoms with van der Waals surface area (Å²) in [6.45, 7) is 3.67. The van der Waals surface area contributed by atoms with Crippen LogP contribution in [0.3, 0.4) is 0 Å². The third kappa shape index (κ3) is 1.70. The van der Waals surface area contributed by atoms with Crippen LogP contribution >= 0.6 is 0 Å². The summed E-state index contributed by atoms with van der Waals surface area (Å²) in [5.41, 5.74) is 1.29. The first kappa shape index (κ1) is 9.74. The van der Waals surface area contributed by atoms with Crippen molar-refractivity contribution < 1.29 is 9.47 Å². The largest absolute Gasteiger partial charge is 0.379 e. The fourth-order valence-electron chi connectivity index (χ4n) is 2.09. The van der Waals surface area contributed by atoms with Gasteiger partial charge in [0.25, 0.3) is 0 Å². The van der Waals surface area contributed by atoms with Gasteiger partial charge in [0.2, 0.25) is 0 Å². The van der Waals surface area contributed by atoms with E-state index in [1.165, 1.54) is 5.69 Å². The van der Waals surface area contributed by atoms with E-state index in [-0.39, 0.29) is 6.10 Å². The summed E-state index contributed by atoms with van der Waals surface area (Å²) in [5.74, 6) is 0. The average molecular weight is 195 g/mol. The summed E-state index contributed by atoms with van der Waals surface area (Å²) in [5, 5.41) is 0. The Labute approximate surface area is 84.6 Å². The number of hydrogen-bond donors (Lipinski definition) is 0. The van der Waals surface area contributed by atoms with Gasteiger partial charge in [-0.25, -0.2) is 0 Å². The predicted molar refractivity (Wildman–Crippen MR) is 54.4 cm³/mol. The molecule has 0 N–H and O–H groups in total. The lowest BCUT2D eigenvalue weighted by molar-refractivity contribution is -0.0604. The lowest BCUT2D eigenvalue weighted by Crippen LogP contribution is -2.35. The van der Waals surface area contributed by atoms with Crippen LogP contribution in [0, 0.1) is 6.92 Å². The molecule has 0 spiro atoms. The Morgan fingerprint density at radius 3 is 3.07 bits per heavy atom. The second kappa shape index (κ2) is 4.15. The Hall–Kier alpha value is -0.800. The van der Waals surface area contributed by atoms with Gasteiger partial charge in [0.15, 0.2) is 0 Å². The Bertz CT molecular complexity index is 295. The molecule has 1 fully saturated rings. The van der Waals surface area contributed by atoms with E-state index in [9.17, 15) is 0 Å². The summed E-state index contributed by atoms with van der Waals surface area (Å²) >= 11 is 0. The molecule has 1 saturated heterocycles. The van der Waals surface area contributed by atoms with Crippen molar-refractivity contribution >= 4 is 0 Å². The summed E-state index contributed by atoms with van der Waals surface area (Å²) in [6, 6.07) is 4.64. The maximum absolute atomic E-state index is 5.44. The average Bonchev–Trinajstić information content (AvgIpc) is 2.64. The van der Waals surface area contributed by atoms with Crippen molar-refractivity contribution in [3.63, 3.8) is 0 Å². The molecule has 3 heteroatoms. The second-order valence-corrected chi connectivity index (χ2v) is 3.76. The van der Waals surface area contributed by atoms with E-state index in [2.05, 4.69) is 29.8 Å². The third-order valence-electron chi connectivity index (χ3n) is 2.92. The fraction of sp³-hybridized carbons (Fsp3) is 0.636. The van der Waals surface area contributed by atoms with E-state index < -0.39 is 0 Å². The number of rotatable bonds is 2. The van der Waals surface area contributed by atoms with Gasteiger partial charge < -0.3 is 14.0 Å². The molecule has 0 radical (unpaired) electrons. The van der Waals surface area contributed by atoms with E-state index >= 15 is 0 Å². The minimum absolute atomic E-state index is 0.190. The number of aryl methyl sites for hydroxylation is 1. The van der Waals surface area contributed by atoms with E-state index in [4.69, 9.17) is 9.47 Å². The second-order valence-electron chi connectivity index (χ2n) is 3.76. The van der Waals surface area contributed by atoms with Crippen LogP contribution in [-0.2, 0) is 9.47 Å². The molecule has 78 valence electrons. The third-order valence-corrected chi connectivity index (χ3v) is 2.92. The number of ether oxygens (including phenoxy) is 2. The Kier molecular flexibility index (Phi) is 2.89. The summed E-state index contributed by atoms with van der Waals surface area (Å²) < 4.78 is 13.1. The number of hydrogen-bond acceptors (Lipinski definition) is 2. The summed E-state index contributed by atoms with van der Waals surface area (Å²) in [6.07, 6.45) is 3.35. The van der Waals surface area contributed by atoms with Crippen LogP contribution in [0.5, 0.6) is 0 Å². The smallest absolute Gasteiger partial charge is 0.101 e. The monoisotopic (exact) mass is 195 g/mol. The van der Waals surface area contributed by atoms with Crippen LogP contribution in [-0.4, -0.2) is 31.0 Å². The van der Waals surface area contributed by atoms with Gasteiger partial charge in [-0.05, 0) is 25.5 Å². The number of methoxy groups -OCH3 is 1. The molecule has 1 aromatic heterocycles. The Balaban J connectivity index is 2.19. The minimum atomic E-state index is 0.190. The highest BCUT2D eigenvalue weighted by atomic mass is 16.5. The lowest BCUT2D eigenvalue weighted by atomic mass is 10.1. The van der Waals surface area contributed by atoms with Crippen molar-refractivity contribution in [3.05, 3.63) is 24.0 Å². The number of nitrogens with zero attached hydrogens (tertiary/aromatic N) is 1. The van der Waals surface area contributed by atoms with E-state index in [0.717, 1.165) is 13.0 Å². The quantitative estimate of drug-likeness (QED) is 0.718. The minimum Gasteiger partial charge on any atom is -0.379 e. The van der Waals surface area contributed by atoms with Gasteiger partial charge in [-0.1, -0.05) is 0 Å². The molecular formula is C11H17NO2. The van der Waals surface area contributed by atoms with Gasteiger partial charge in [-0.2, -0.15) is 0 Å². The predicted octanol–water partition coefficient (Wildman–Crippen LogP) is 1.77. The molecule has 2 atom stereocenters. The van der Waals surface area contributed by atoms with E-state index in [0.29, 0.717) is 12.6 Å². The van der Waals surface area contributed by atoms with Crippen LogP contribution in [0.15, 0.2) is 18.3 Å². The molecule has 14 heavy (non-hydrogen) atoms. The fourth-order valence-corrected chi connectivity index (χ4v) is 2.09. The first-order valence-corrected chi connectivity index (χ1v) is 5.07. The Morgan fingerprint density at radius 2 is 2.43 bits per heavy atom. The van der Waals surface area contributed by atoms with Crippen LogP contribution in [0.25, 0.3) is 0 Å². The number of aromatic nitrogens is 1. The van der Waals surface area contributed by atoms with Gasteiger partial charge in [-0.3, -0.25) is 0 Å². The maximum atomic E-state index is 5.44. The SMILES string of the molecule is CO[C@@H]1COCC[C@H]1n1cccc1C. The van der Waals surface area contributed by atoms with Gasteiger partial charge in [0.1, 0.15) is 6.10 Å². The molecule has 0 aromatic carbocycles. The summed E-state index contributed by atoms with van der Waals surface area (Å²) in [7, 11) is 1.76. The van der Waals surface area contributed by atoms with Crippen LogP contribution in [0.4, 0.5) is 0 Å². The van der Waals surface area contributed by atoms with Crippen molar-refractivity contribution in [2.24, 2.45) is 0 Å². The molecule has 1 aliphatic rings. The van der Waals surface area contributed by atoms with Gasteiger partial charge in [0, 0.05) is 25.6 Å². The zero-order valence-electron chi connectivity index (χ0n) is 8.77. The van der Waals surface area contributed by atoms with E-state index in [1.54, 1.807) is 7.11 Å². The molecular weight excluding hydrogens is 178 g/mol. The molecule has 0 aliphatic carbocycles. The molecule has 1 aromatic rings. The van der Waals surface area contributed by atoms with Crippen LogP contribution in [0.1, 0.15) is 18.2 Å². The first-order chi connectivity index (χ1) is 6.83.